The molecular weight excluding hydrogens is 295 g/mol. The van der Waals surface area contributed by atoms with Crippen molar-refractivity contribution in [2.45, 2.75) is 31.8 Å². The Bertz CT molecular complexity index is 607. The molecule has 0 bridgehead atoms. The average molecular weight is 311 g/mol. The Morgan fingerprint density at radius 3 is 2.95 bits per heavy atom. The molecule has 0 radical (unpaired) electrons. The highest BCUT2D eigenvalue weighted by Crippen LogP contribution is 2.28. The smallest absolute Gasteiger partial charge is 0.256 e. The van der Waals surface area contributed by atoms with Crippen molar-refractivity contribution in [3.8, 4) is 0 Å². The maximum absolute atomic E-state index is 13.4. The average Bonchev–Trinajstić information content (AvgIpc) is 2.93. The van der Waals surface area contributed by atoms with Crippen LogP contribution in [0, 0.1) is 5.82 Å². The van der Waals surface area contributed by atoms with E-state index in [1.165, 1.54) is 17.0 Å². The first-order valence-electron chi connectivity index (χ1n) is 7.05. The third kappa shape index (κ3) is 2.39. The van der Waals surface area contributed by atoms with Crippen molar-refractivity contribution in [3.05, 3.63) is 34.6 Å². The molecule has 0 aromatic heterocycles. The Labute approximate surface area is 127 Å². The lowest BCUT2D eigenvalue weighted by molar-refractivity contribution is -0.141. The van der Waals surface area contributed by atoms with Crippen LogP contribution in [-0.2, 0) is 4.79 Å². The second kappa shape index (κ2) is 5.30. The topological polar surface area (TPSA) is 40.6 Å². The molecule has 0 unspecified atom stereocenters. The van der Waals surface area contributed by atoms with Crippen molar-refractivity contribution in [1.29, 1.82) is 0 Å². The molecule has 2 aliphatic heterocycles. The van der Waals surface area contributed by atoms with E-state index in [0.29, 0.717) is 6.54 Å². The first kappa shape index (κ1) is 14.3. The van der Waals surface area contributed by atoms with Gasteiger partial charge in [-0.15, -0.1) is 0 Å². The minimum Gasteiger partial charge on any atom is -0.336 e. The Kier molecular flexibility index (Phi) is 3.61. The van der Waals surface area contributed by atoms with Crippen LogP contribution in [0.25, 0.3) is 0 Å². The van der Waals surface area contributed by atoms with Crippen LogP contribution in [0.2, 0.25) is 5.02 Å². The highest BCUT2D eigenvalue weighted by atomic mass is 35.5. The molecule has 0 N–H and O–H groups in total. The van der Waals surface area contributed by atoms with Gasteiger partial charge in [-0.05, 0) is 38.0 Å². The number of hydrogen-bond acceptors (Lipinski definition) is 2. The summed E-state index contributed by atoms with van der Waals surface area (Å²) in [5.41, 5.74) is 0.114. The lowest BCUT2D eigenvalue weighted by Crippen LogP contribution is -2.60. The van der Waals surface area contributed by atoms with Gasteiger partial charge >= 0.3 is 0 Å². The predicted octanol–water partition coefficient (Wildman–Crippen LogP) is 2.31. The number of piperazine rings is 1. The largest absolute Gasteiger partial charge is 0.336 e. The van der Waals surface area contributed by atoms with E-state index in [2.05, 4.69) is 0 Å². The van der Waals surface area contributed by atoms with Crippen molar-refractivity contribution in [2.75, 3.05) is 13.1 Å². The van der Waals surface area contributed by atoms with E-state index in [9.17, 15) is 14.0 Å². The van der Waals surface area contributed by atoms with Crippen molar-refractivity contribution in [2.24, 2.45) is 0 Å². The van der Waals surface area contributed by atoms with Crippen molar-refractivity contribution >= 4 is 23.4 Å². The molecule has 2 atom stereocenters. The molecule has 2 fully saturated rings. The Hall–Kier alpha value is -1.62. The normalized spacial score (nSPS) is 25.2. The quantitative estimate of drug-likeness (QED) is 0.798. The highest BCUT2D eigenvalue weighted by Gasteiger charge is 2.42. The molecular formula is C15H16ClFN2O2. The van der Waals surface area contributed by atoms with Gasteiger partial charge in [-0.1, -0.05) is 11.6 Å². The fraction of sp³-hybridized carbons (Fsp3) is 0.467. The molecule has 3 rings (SSSR count). The van der Waals surface area contributed by atoms with Crippen LogP contribution in [0.15, 0.2) is 18.2 Å². The van der Waals surface area contributed by atoms with Crippen LogP contribution < -0.4 is 0 Å². The number of hydrogen-bond donors (Lipinski definition) is 0. The number of carbonyl (C=O) groups excluding carboxylic acids is 2. The summed E-state index contributed by atoms with van der Waals surface area (Å²) in [5, 5.41) is 0.204. The van der Waals surface area contributed by atoms with Gasteiger partial charge in [0, 0.05) is 19.1 Å². The van der Waals surface area contributed by atoms with Gasteiger partial charge in [-0.3, -0.25) is 9.59 Å². The third-order valence-corrected chi connectivity index (χ3v) is 4.64. The summed E-state index contributed by atoms with van der Waals surface area (Å²) >= 11 is 6.00. The van der Waals surface area contributed by atoms with Crippen molar-refractivity contribution < 1.29 is 14.0 Å². The fourth-order valence-electron chi connectivity index (χ4n) is 3.15. The zero-order valence-electron chi connectivity index (χ0n) is 11.7. The van der Waals surface area contributed by atoms with Gasteiger partial charge in [0.05, 0.1) is 10.6 Å². The zero-order chi connectivity index (χ0) is 15.1. The molecule has 2 heterocycles. The molecule has 4 nitrogen and oxygen atoms in total. The first-order chi connectivity index (χ1) is 9.99. The van der Waals surface area contributed by atoms with E-state index in [1.807, 2.05) is 4.90 Å². The molecule has 2 aliphatic rings. The number of fused-ring (bicyclic) bond motifs is 1. The molecule has 0 spiro atoms. The van der Waals surface area contributed by atoms with Crippen LogP contribution in [0.1, 0.15) is 30.1 Å². The first-order valence-corrected chi connectivity index (χ1v) is 7.43. The van der Waals surface area contributed by atoms with Gasteiger partial charge in [0.25, 0.3) is 5.91 Å². The lowest BCUT2D eigenvalue weighted by atomic mass is 10.1. The Balaban J connectivity index is 1.90. The second-order valence-corrected chi connectivity index (χ2v) is 5.99. The summed E-state index contributed by atoms with van der Waals surface area (Å²) in [6, 6.07) is 3.24. The van der Waals surface area contributed by atoms with Crippen molar-refractivity contribution in [3.63, 3.8) is 0 Å². The second-order valence-electron chi connectivity index (χ2n) is 5.59. The van der Waals surface area contributed by atoms with E-state index in [1.54, 1.807) is 6.92 Å². The van der Waals surface area contributed by atoms with Crippen molar-refractivity contribution in [1.82, 2.24) is 9.80 Å². The maximum Gasteiger partial charge on any atom is 0.256 e. The summed E-state index contributed by atoms with van der Waals surface area (Å²) in [7, 11) is 0. The molecule has 2 amide bonds. The van der Waals surface area contributed by atoms with E-state index in [0.717, 1.165) is 25.5 Å². The van der Waals surface area contributed by atoms with Gasteiger partial charge in [0.15, 0.2) is 0 Å². The standard InChI is InChI=1S/C15H16ClFN2O2/c1-9-14(20)18-6-2-3-11(18)8-19(9)15(21)12-7-10(17)4-5-13(12)16/h4-5,7,9,11H,2-3,6,8H2,1H3/t9-,11-/m1/s1. The minimum absolute atomic E-state index is 0.0374. The number of carbonyl (C=O) groups is 2. The van der Waals surface area contributed by atoms with E-state index < -0.39 is 11.9 Å². The van der Waals surface area contributed by atoms with Gasteiger partial charge in [0.1, 0.15) is 11.9 Å². The SMILES string of the molecule is C[C@@H]1C(=O)N2CCC[C@@H]2CN1C(=O)c1cc(F)ccc1Cl. The third-order valence-electron chi connectivity index (χ3n) is 4.31. The number of amides is 2. The van der Waals surface area contributed by atoms with E-state index >= 15 is 0 Å². The molecule has 2 saturated heterocycles. The Morgan fingerprint density at radius 1 is 1.43 bits per heavy atom. The van der Waals surface area contributed by atoms with Gasteiger partial charge in [0.2, 0.25) is 5.91 Å². The predicted molar refractivity (Wildman–Crippen MR) is 76.6 cm³/mol. The van der Waals surface area contributed by atoms with E-state index in [-0.39, 0.29) is 28.4 Å². The highest BCUT2D eigenvalue weighted by molar-refractivity contribution is 6.33. The summed E-state index contributed by atoms with van der Waals surface area (Å²) in [6.07, 6.45) is 1.87. The number of halogens is 2. The fourth-order valence-corrected chi connectivity index (χ4v) is 3.35. The number of nitrogens with zero attached hydrogens (tertiary/aromatic N) is 2. The molecule has 1 aromatic carbocycles. The van der Waals surface area contributed by atoms with Crippen LogP contribution in [0.4, 0.5) is 4.39 Å². The number of rotatable bonds is 1. The molecule has 6 heteroatoms. The van der Waals surface area contributed by atoms with Crippen LogP contribution >= 0.6 is 11.6 Å². The van der Waals surface area contributed by atoms with Crippen LogP contribution in [-0.4, -0.2) is 46.8 Å². The van der Waals surface area contributed by atoms with Crippen LogP contribution in [0.5, 0.6) is 0 Å². The minimum atomic E-state index is -0.536. The molecule has 1 aromatic rings. The molecule has 21 heavy (non-hydrogen) atoms. The van der Waals surface area contributed by atoms with Gasteiger partial charge in [-0.2, -0.15) is 0 Å². The Morgan fingerprint density at radius 2 is 2.19 bits per heavy atom. The van der Waals surface area contributed by atoms with Gasteiger partial charge < -0.3 is 9.80 Å². The van der Waals surface area contributed by atoms with Gasteiger partial charge in [-0.25, -0.2) is 4.39 Å². The summed E-state index contributed by atoms with van der Waals surface area (Å²) < 4.78 is 13.4. The molecule has 0 saturated carbocycles. The van der Waals surface area contributed by atoms with E-state index in [4.69, 9.17) is 11.6 Å². The lowest BCUT2D eigenvalue weighted by Gasteiger charge is -2.41. The summed E-state index contributed by atoms with van der Waals surface area (Å²) in [6.45, 7) is 2.96. The molecule has 0 aliphatic carbocycles. The summed E-state index contributed by atoms with van der Waals surface area (Å²) in [5.74, 6) is -0.933. The van der Waals surface area contributed by atoms with Crippen LogP contribution in [0.3, 0.4) is 0 Å². The zero-order valence-corrected chi connectivity index (χ0v) is 12.4. The monoisotopic (exact) mass is 310 g/mol. The maximum atomic E-state index is 13.4. The summed E-state index contributed by atoms with van der Waals surface area (Å²) in [4.78, 5) is 28.3. The molecule has 112 valence electrons. The number of benzene rings is 1.